The molecule has 0 saturated heterocycles. The topological polar surface area (TPSA) is 24.5 Å². The first kappa shape index (κ1) is 16.3. The zero-order valence-electron chi connectivity index (χ0n) is 13.8. The van der Waals surface area contributed by atoms with Crippen molar-refractivity contribution in [2.75, 3.05) is 26.7 Å². The Labute approximate surface area is 129 Å². The Balaban J connectivity index is 1.68. The summed E-state index contributed by atoms with van der Waals surface area (Å²) in [5.41, 5.74) is 1.31. The lowest BCUT2D eigenvalue weighted by molar-refractivity contribution is 0.217. The molecule has 0 aromatic heterocycles. The number of rotatable bonds is 10. The summed E-state index contributed by atoms with van der Waals surface area (Å²) >= 11 is 0. The van der Waals surface area contributed by atoms with Crippen molar-refractivity contribution in [3.05, 3.63) is 29.8 Å². The molecule has 1 aliphatic carbocycles. The van der Waals surface area contributed by atoms with Crippen LogP contribution in [0.15, 0.2) is 24.3 Å². The lowest BCUT2D eigenvalue weighted by atomic mass is 10.1. The zero-order chi connectivity index (χ0) is 15.1. The van der Waals surface area contributed by atoms with Gasteiger partial charge < -0.3 is 15.0 Å². The first-order valence-corrected chi connectivity index (χ1v) is 8.31. The van der Waals surface area contributed by atoms with Crippen LogP contribution in [0, 0.1) is 5.92 Å². The van der Waals surface area contributed by atoms with E-state index in [2.05, 4.69) is 55.4 Å². The van der Waals surface area contributed by atoms with Crippen LogP contribution in [0.2, 0.25) is 0 Å². The van der Waals surface area contributed by atoms with Crippen LogP contribution in [-0.2, 0) is 6.54 Å². The second-order valence-corrected chi connectivity index (χ2v) is 6.43. The third-order valence-electron chi connectivity index (χ3n) is 4.13. The van der Waals surface area contributed by atoms with Crippen molar-refractivity contribution in [2.24, 2.45) is 5.92 Å². The number of hydrogen-bond acceptors (Lipinski definition) is 3. The molecular weight excluding hydrogens is 260 g/mol. The maximum Gasteiger partial charge on any atom is 0.119 e. The normalized spacial score (nSPS) is 16.2. The molecule has 118 valence electrons. The van der Waals surface area contributed by atoms with Gasteiger partial charge in [-0.05, 0) is 43.5 Å². The molecule has 0 bridgehead atoms. The van der Waals surface area contributed by atoms with Crippen LogP contribution >= 0.6 is 0 Å². The van der Waals surface area contributed by atoms with E-state index in [1.165, 1.54) is 24.8 Å². The number of ether oxygens (including phenoxy) is 1. The summed E-state index contributed by atoms with van der Waals surface area (Å²) in [5.74, 6) is 1.74. The van der Waals surface area contributed by atoms with Crippen LogP contribution in [0.25, 0.3) is 0 Å². The fourth-order valence-electron chi connectivity index (χ4n) is 2.37. The average molecular weight is 290 g/mol. The molecule has 3 nitrogen and oxygen atoms in total. The van der Waals surface area contributed by atoms with E-state index in [1.54, 1.807) is 0 Å². The Morgan fingerprint density at radius 1 is 1.38 bits per heavy atom. The summed E-state index contributed by atoms with van der Waals surface area (Å²) in [4.78, 5) is 2.35. The first-order valence-electron chi connectivity index (χ1n) is 8.31. The van der Waals surface area contributed by atoms with Crippen molar-refractivity contribution in [1.82, 2.24) is 10.2 Å². The molecule has 0 radical (unpaired) electrons. The molecule has 3 heteroatoms. The minimum atomic E-state index is 0.753. The molecule has 1 atom stereocenters. The van der Waals surface area contributed by atoms with Crippen molar-refractivity contribution >= 4 is 0 Å². The van der Waals surface area contributed by atoms with Gasteiger partial charge in [0.25, 0.3) is 0 Å². The second kappa shape index (κ2) is 8.40. The lowest BCUT2D eigenvalue weighted by Gasteiger charge is -2.20. The van der Waals surface area contributed by atoms with Crippen LogP contribution in [0.5, 0.6) is 5.75 Å². The van der Waals surface area contributed by atoms with E-state index in [9.17, 15) is 0 Å². The van der Waals surface area contributed by atoms with Gasteiger partial charge in [-0.2, -0.15) is 0 Å². The minimum Gasteiger partial charge on any atom is -0.492 e. The van der Waals surface area contributed by atoms with Crippen LogP contribution in [0.3, 0.4) is 0 Å². The van der Waals surface area contributed by atoms with Crippen LogP contribution in [-0.4, -0.2) is 37.7 Å². The van der Waals surface area contributed by atoms with Gasteiger partial charge in [0.05, 0.1) is 0 Å². The molecule has 1 aromatic rings. The van der Waals surface area contributed by atoms with E-state index in [1.807, 2.05) is 0 Å². The van der Waals surface area contributed by atoms with Gasteiger partial charge in [-0.3, -0.25) is 0 Å². The largest absolute Gasteiger partial charge is 0.492 e. The number of likely N-dealkylation sites (N-methyl/N-ethyl adjacent to an activating group) is 1. The predicted molar refractivity (Wildman–Crippen MR) is 88.8 cm³/mol. The first-order chi connectivity index (χ1) is 10.2. The van der Waals surface area contributed by atoms with E-state index >= 15 is 0 Å². The van der Waals surface area contributed by atoms with Gasteiger partial charge in [-0.25, -0.2) is 0 Å². The highest BCUT2D eigenvalue weighted by molar-refractivity contribution is 5.28. The number of nitrogens with zero attached hydrogens (tertiary/aromatic N) is 1. The molecule has 0 spiro atoms. The number of nitrogens with one attached hydrogen (secondary N) is 1. The summed E-state index contributed by atoms with van der Waals surface area (Å²) in [6.07, 6.45) is 3.90. The minimum absolute atomic E-state index is 0.753. The van der Waals surface area contributed by atoms with Gasteiger partial charge in [0, 0.05) is 25.7 Å². The van der Waals surface area contributed by atoms with E-state index in [4.69, 9.17) is 4.74 Å². The summed E-state index contributed by atoms with van der Waals surface area (Å²) in [7, 11) is 2.17. The second-order valence-electron chi connectivity index (χ2n) is 6.43. The lowest BCUT2D eigenvalue weighted by Crippen LogP contribution is -2.28. The number of benzene rings is 1. The molecule has 21 heavy (non-hydrogen) atoms. The fourth-order valence-corrected chi connectivity index (χ4v) is 2.37. The van der Waals surface area contributed by atoms with Crippen LogP contribution in [0.1, 0.15) is 38.7 Å². The highest BCUT2D eigenvalue weighted by atomic mass is 16.5. The van der Waals surface area contributed by atoms with Gasteiger partial charge in [-0.15, -0.1) is 0 Å². The molecular formula is C18H30N2O. The Morgan fingerprint density at radius 2 is 2.19 bits per heavy atom. The highest BCUT2D eigenvalue weighted by Gasteiger charge is 2.19. The van der Waals surface area contributed by atoms with E-state index in [0.29, 0.717) is 0 Å². The third kappa shape index (κ3) is 6.49. The Kier molecular flexibility index (Phi) is 6.52. The molecule has 1 fully saturated rings. The molecule has 1 N–H and O–H groups in total. The van der Waals surface area contributed by atoms with Gasteiger partial charge >= 0.3 is 0 Å². The Hall–Kier alpha value is -1.06. The van der Waals surface area contributed by atoms with E-state index < -0.39 is 0 Å². The maximum absolute atomic E-state index is 5.89. The number of hydrogen-bond donors (Lipinski definition) is 1. The zero-order valence-corrected chi connectivity index (χ0v) is 13.8. The van der Waals surface area contributed by atoms with Crippen LogP contribution < -0.4 is 10.1 Å². The highest BCUT2D eigenvalue weighted by Crippen LogP contribution is 2.20. The SMILES string of the molecule is CCC(C)CN(C)CCOc1cccc(CNC2CC2)c1. The standard InChI is InChI=1S/C18H30N2O/c1-4-15(2)14-20(3)10-11-21-18-7-5-6-16(12-18)13-19-17-8-9-17/h5-7,12,15,17,19H,4,8-11,13-14H2,1-3H3. The van der Waals surface area contributed by atoms with Crippen molar-refractivity contribution in [1.29, 1.82) is 0 Å². The Morgan fingerprint density at radius 3 is 2.90 bits per heavy atom. The maximum atomic E-state index is 5.89. The van der Waals surface area contributed by atoms with Crippen molar-refractivity contribution in [2.45, 2.75) is 45.7 Å². The smallest absolute Gasteiger partial charge is 0.119 e. The third-order valence-corrected chi connectivity index (χ3v) is 4.13. The molecule has 1 unspecified atom stereocenters. The summed E-state index contributed by atoms with van der Waals surface area (Å²) < 4.78 is 5.89. The molecule has 0 aliphatic heterocycles. The molecule has 0 heterocycles. The van der Waals surface area contributed by atoms with Gasteiger partial charge in [-0.1, -0.05) is 32.4 Å². The van der Waals surface area contributed by atoms with E-state index in [-0.39, 0.29) is 0 Å². The summed E-state index contributed by atoms with van der Waals surface area (Å²) in [6, 6.07) is 9.21. The monoisotopic (exact) mass is 290 g/mol. The van der Waals surface area contributed by atoms with Gasteiger partial charge in [0.15, 0.2) is 0 Å². The average Bonchev–Trinajstić information content (AvgIpc) is 3.29. The van der Waals surface area contributed by atoms with Crippen molar-refractivity contribution in [3.63, 3.8) is 0 Å². The molecule has 2 rings (SSSR count). The molecule has 0 amide bonds. The summed E-state index contributed by atoms with van der Waals surface area (Å²) in [5, 5.41) is 3.54. The summed E-state index contributed by atoms with van der Waals surface area (Å²) in [6.45, 7) is 8.38. The van der Waals surface area contributed by atoms with Crippen molar-refractivity contribution in [3.8, 4) is 5.75 Å². The fraction of sp³-hybridized carbons (Fsp3) is 0.667. The predicted octanol–water partition coefficient (Wildman–Crippen LogP) is 3.30. The molecule has 1 aliphatic rings. The van der Waals surface area contributed by atoms with Gasteiger partial charge in [0.1, 0.15) is 12.4 Å². The Bertz CT molecular complexity index is 417. The molecule has 1 aromatic carbocycles. The van der Waals surface area contributed by atoms with Gasteiger partial charge in [0.2, 0.25) is 0 Å². The molecule has 1 saturated carbocycles. The van der Waals surface area contributed by atoms with Crippen LogP contribution in [0.4, 0.5) is 0 Å². The van der Waals surface area contributed by atoms with Crippen molar-refractivity contribution < 1.29 is 4.74 Å². The van der Waals surface area contributed by atoms with E-state index in [0.717, 1.165) is 44.0 Å². The quantitative estimate of drug-likeness (QED) is 0.715.